The van der Waals surface area contributed by atoms with Gasteiger partial charge in [-0.1, -0.05) is 59.7 Å². The molecule has 1 aliphatic rings. The second kappa shape index (κ2) is 13.0. The van der Waals surface area contributed by atoms with E-state index in [-0.39, 0.29) is 33.2 Å². The summed E-state index contributed by atoms with van der Waals surface area (Å²) in [5, 5.41) is 0.0607. The second-order valence-corrected chi connectivity index (χ2v) is 25.5. The fraction of sp³-hybridized carbons (Fsp3) is 0.759. The highest BCUT2D eigenvalue weighted by atomic mass is 32.2. The van der Waals surface area contributed by atoms with E-state index in [1.807, 2.05) is 0 Å². The summed E-state index contributed by atoms with van der Waals surface area (Å²) in [5.41, 5.74) is 0. The van der Waals surface area contributed by atoms with Crippen LogP contribution < -0.4 is 0 Å². The van der Waals surface area contributed by atoms with Crippen molar-refractivity contribution < 1.29 is 31.5 Å². The van der Waals surface area contributed by atoms with E-state index in [2.05, 4.69) is 67.7 Å². The van der Waals surface area contributed by atoms with Crippen molar-refractivity contribution in [2.45, 2.75) is 120 Å². The molecule has 0 amide bonds. The molecule has 0 aromatic heterocycles. The number of hydrogen-bond acceptors (Lipinski definition) is 7. The van der Waals surface area contributed by atoms with Gasteiger partial charge in [0.05, 0.1) is 41.7 Å². The minimum atomic E-state index is -3.60. The van der Waals surface area contributed by atoms with Gasteiger partial charge in [0.2, 0.25) is 0 Å². The van der Waals surface area contributed by atoms with Crippen LogP contribution in [0.25, 0.3) is 0 Å². The number of aldehydes is 1. The fourth-order valence-corrected chi connectivity index (χ4v) is 8.49. The number of carbonyl (C=O) groups excluding carboxylic acids is 1. The molecule has 1 heterocycles. The Balaban J connectivity index is 2.35. The first kappa shape index (κ1) is 34.3. The van der Waals surface area contributed by atoms with Crippen molar-refractivity contribution in [1.29, 1.82) is 0 Å². The minimum Gasteiger partial charge on any atom is -0.414 e. The number of hydrogen-bond donors (Lipinski definition) is 0. The van der Waals surface area contributed by atoms with Gasteiger partial charge in [0.15, 0.2) is 26.5 Å². The molecule has 0 saturated carbocycles. The van der Waals surface area contributed by atoms with Crippen LogP contribution in [0.3, 0.4) is 0 Å². The zero-order chi connectivity index (χ0) is 29.9. The monoisotopic (exact) mass is 600 g/mol. The third-order valence-electron chi connectivity index (χ3n) is 8.93. The molecule has 0 radical (unpaired) electrons. The van der Waals surface area contributed by atoms with Gasteiger partial charge in [0.1, 0.15) is 6.29 Å². The van der Waals surface area contributed by atoms with Gasteiger partial charge in [0, 0.05) is 25.9 Å². The molecule has 1 aromatic carbocycles. The van der Waals surface area contributed by atoms with Crippen LogP contribution in [-0.4, -0.2) is 75.2 Å². The standard InChI is InChI=1S/C29H52O7SSi2/c1-28(2,3)38(8,9)34-20-22(36-39(10,11)29(4,5)6)19-26-27(33-7)24(25(35-26)17-18-30)21-37(31,32)23-15-13-12-14-16-23/h12-16,18,22,24-27H,17,19-21H2,1-11H3/t22-,24?,25-,26+,27+/m0/s1. The van der Waals surface area contributed by atoms with Crippen molar-refractivity contribution in [2.24, 2.45) is 5.92 Å². The van der Waals surface area contributed by atoms with Crippen LogP contribution in [0, 0.1) is 5.92 Å². The molecule has 1 fully saturated rings. The predicted molar refractivity (Wildman–Crippen MR) is 162 cm³/mol. The molecular weight excluding hydrogens is 549 g/mol. The van der Waals surface area contributed by atoms with Crippen molar-refractivity contribution in [3.05, 3.63) is 30.3 Å². The smallest absolute Gasteiger partial charge is 0.192 e. The molecule has 1 saturated heterocycles. The van der Waals surface area contributed by atoms with E-state index in [1.165, 1.54) is 0 Å². The first-order valence-corrected chi connectivity index (χ1v) is 21.4. The fourth-order valence-electron chi connectivity index (χ4n) is 4.43. The number of ether oxygens (including phenoxy) is 2. The highest BCUT2D eigenvalue weighted by molar-refractivity contribution is 7.91. The Morgan fingerprint density at radius 1 is 0.949 bits per heavy atom. The maximum atomic E-state index is 13.3. The van der Waals surface area contributed by atoms with Gasteiger partial charge in [-0.15, -0.1) is 0 Å². The molecule has 0 aliphatic carbocycles. The van der Waals surface area contributed by atoms with Gasteiger partial charge in [-0.3, -0.25) is 0 Å². The van der Waals surface area contributed by atoms with E-state index in [0.717, 1.165) is 6.29 Å². The third kappa shape index (κ3) is 8.80. The molecule has 0 N–H and O–H groups in total. The molecule has 1 unspecified atom stereocenters. The number of benzene rings is 1. The van der Waals surface area contributed by atoms with E-state index in [1.54, 1.807) is 37.4 Å². The maximum Gasteiger partial charge on any atom is 0.192 e. The van der Waals surface area contributed by atoms with Gasteiger partial charge >= 0.3 is 0 Å². The Labute approximate surface area is 239 Å². The molecular formula is C29H52O7SSi2. The predicted octanol–water partition coefficient (Wildman–Crippen LogP) is 6.25. The molecule has 224 valence electrons. The first-order chi connectivity index (χ1) is 17.8. The van der Waals surface area contributed by atoms with Crippen molar-refractivity contribution >= 4 is 32.8 Å². The van der Waals surface area contributed by atoms with E-state index in [0.29, 0.717) is 13.0 Å². The minimum absolute atomic E-state index is 0.00572. The highest BCUT2D eigenvalue weighted by Crippen LogP contribution is 2.41. The summed E-state index contributed by atoms with van der Waals surface area (Å²) in [7, 11) is -6.22. The third-order valence-corrected chi connectivity index (χ3v) is 19.8. The van der Waals surface area contributed by atoms with Crippen molar-refractivity contribution in [3.8, 4) is 0 Å². The molecule has 0 bridgehead atoms. The molecule has 7 nitrogen and oxygen atoms in total. The van der Waals surface area contributed by atoms with Crippen LogP contribution in [0.2, 0.25) is 36.3 Å². The van der Waals surface area contributed by atoms with Crippen LogP contribution in [0.5, 0.6) is 0 Å². The summed E-state index contributed by atoms with van der Waals surface area (Å²) in [6.07, 6.45) is -0.307. The Bertz CT molecular complexity index is 1030. The quantitative estimate of drug-likeness (QED) is 0.195. The summed E-state index contributed by atoms with van der Waals surface area (Å²) in [5.74, 6) is -0.635. The van der Waals surface area contributed by atoms with Gasteiger partial charge < -0.3 is 23.1 Å². The topological polar surface area (TPSA) is 88.1 Å². The summed E-state index contributed by atoms with van der Waals surface area (Å²) >= 11 is 0. The van der Waals surface area contributed by atoms with Gasteiger partial charge in [0.25, 0.3) is 0 Å². The number of rotatable bonds is 13. The second-order valence-electron chi connectivity index (χ2n) is 13.9. The van der Waals surface area contributed by atoms with Crippen molar-refractivity contribution in [2.75, 3.05) is 19.5 Å². The summed E-state index contributed by atoms with van der Waals surface area (Å²) < 4.78 is 52.4. The molecule has 0 spiro atoms. The lowest BCUT2D eigenvalue weighted by Crippen LogP contribution is -2.49. The van der Waals surface area contributed by atoms with E-state index in [4.69, 9.17) is 18.3 Å². The average Bonchev–Trinajstić information content (AvgIpc) is 3.11. The van der Waals surface area contributed by atoms with Crippen LogP contribution in [0.1, 0.15) is 54.4 Å². The lowest BCUT2D eigenvalue weighted by molar-refractivity contribution is -0.111. The normalized spacial score (nSPS) is 24.1. The van der Waals surface area contributed by atoms with Gasteiger partial charge in [-0.05, 0) is 48.4 Å². The first-order valence-electron chi connectivity index (χ1n) is 14.0. The zero-order valence-electron chi connectivity index (χ0n) is 25.9. The lowest BCUT2D eigenvalue weighted by atomic mass is 9.94. The van der Waals surface area contributed by atoms with Gasteiger partial charge in [-0.2, -0.15) is 0 Å². The maximum absolute atomic E-state index is 13.3. The van der Waals surface area contributed by atoms with E-state index < -0.39 is 50.7 Å². The average molecular weight is 601 g/mol. The SMILES string of the molecule is CO[C@@H]1C(CS(=O)(=O)c2ccccc2)[C@H](CC=O)O[C@@H]1C[C@@H](CO[Si](C)(C)C(C)(C)C)O[Si](C)(C)C(C)(C)C. The zero-order valence-corrected chi connectivity index (χ0v) is 28.8. The Kier molecular flexibility index (Phi) is 11.4. The molecule has 5 atom stereocenters. The molecule has 1 aliphatic heterocycles. The Hall–Kier alpha value is -0.886. The van der Waals surface area contributed by atoms with Gasteiger partial charge in [-0.25, -0.2) is 8.42 Å². The van der Waals surface area contributed by atoms with Crippen molar-refractivity contribution in [3.63, 3.8) is 0 Å². The Morgan fingerprint density at radius 3 is 2.00 bits per heavy atom. The van der Waals surface area contributed by atoms with Crippen LogP contribution in [0.15, 0.2) is 35.2 Å². The van der Waals surface area contributed by atoms with Crippen LogP contribution >= 0.6 is 0 Å². The number of methoxy groups -OCH3 is 1. The van der Waals surface area contributed by atoms with E-state index in [9.17, 15) is 13.2 Å². The summed E-state index contributed by atoms with van der Waals surface area (Å²) in [6.45, 7) is 22.6. The number of carbonyl (C=O) groups is 1. The molecule has 1 aromatic rings. The molecule has 39 heavy (non-hydrogen) atoms. The lowest BCUT2D eigenvalue weighted by Gasteiger charge is -2.42. The van der Waals surface area contributed by atoms with Crippen molar-refractivity contribution in [1.82, 2.24) is 0 Å². The summed E-state index contributed by atoms with van der Waals surface area (Å²) in [4.78, 5) is 11.8. The molecule has 2 rings (SSSR count). The highest BCUT2D eigenvalue weighted by Gasteiger charge is 2.49. The summed E-state index contributed by atoms with van der Waals surface area (Å²) in [6, 6.07) is 8.40. The Morgan fingerprint density at radius 2 is 1.51 bits per heavy atom. The largest absolute Gasteiger partial charge is 0.414 e. The van der Waals surface area contributed by atoms with Crippen LogP contribution in [0.4, 0.5) is 0 Å². The molecule has 10 heteroatoms. The number of sulfone groups is 1. The van der Waals surface area contributed by atoms with Crippen LogP contribution in [-0.2, 0) is 33.0 Å². The van der Waals surface area contributed by atoms with E-state index >= 15 is 0 Å².